The molecule has 0 radical (unpaired) electrons. The Morgan fingerprint density at radius 1 is 1.36 bits per heavy atom. The van der Waals surface area contributed by atoms with Gasteiger partial charge >= 0.3 is 0 Å². The van der Waals surface area contributed by atoms with Crippen LogP contribution in [-0.2, 0) is 9.47 Å². The summed E-state index contributed by atoms with van der Waals surface area (Å²) >= 11 is 0. The third-order valence-corrected chi connectivity index (χ3v) is 1.90. The lowest BCUT2D eigenvalue weighted by atomic mass is 10.00. The summed E-state index contributed by atoms with van der Waals surface area (Å²) in [5.41, 5.74) is 0. The Kier molecular flexibility index (Phi) is 3.79. The standard InChI is InChI=1S/C7H14O4/c8-2-1-6-4-10-5-11-7(6)3-9/h6-9H,1-5H2. The third kappa shape index (κ3) is 2.41. The first-order valence-electron chi connectivity index (χ1n) is 3.79. The van der Waals surface area contributed by atoms with Crippen molar-refractivity contribution in [1.29, 1.82) is 0 Å². The van der Waals surface area contributed by atoms with E-state index in [1.54, 1.807) is 0 Å². The SMILES string of the molecule is OCCC1COCOC1CO. The molecule has 66 valence electrons. The zero-order valence-electron chi connectivity index (χ0n) is 6.40. The van der Waals surface area contributed by atoms with Gasteiger partial charge in [0.1, 0.15) is 6.79 Å². The van der Waals surface area contributed by atoms with Crippen LogP contribution in [0.4, 0.5) is 0 Å². The van der Waals surface area contributed by atoms with Gasteiger partial charge in [0, 0.05) is 12.5 Å². The van der Waals surface area contributed by atoms with Gasteiger partial charge in [0.05, 0.1) is 19.3 Å². The minimum Gasteiger partial charge on any atom is -0.396 e. The van der Waals surface area contributed by atoms with E-state index in [0.29, 0.717) is 13.0 Å². The van der Waals surface area contributed by atoms with Gasteiger partial charge in [-0.3, -0.25) is 0 Å². The molecule has 1 heterocycles. The Hall–Kier alpha value is -0.160. The molecule has 0 saturated carbocycles. The van der Waals surface area contributed by atoms with Crippen molar-refractivity contribution in [1.82, 2.24) is 0 Å². The van der Waals surface area contributed by atoms with Gasteiger partial charge in [-0.2, -0.15) is 0 Å². The van der Waals surface area contributed by atoms with E-state index in [4.69, 9.17) is 19.7 Å². The second kappa shape index (κ2) is 4.66. The summed E-state index contributed by atoms with van der Waals surface area (Å²) in [6.07, 6.45) is 0.474. The van der Waals surface area contributed by atoms with Crippen LogP contribution in [0.5, 0.6) is 0 Å². The summed E-state index contributed by atoms with van der Waals surface area (Å²) in [7, 11) is 0. The van der Waals surface area contributed by atoms with Crippen molar-refractivity contribution in [2.75, 3.05) is 26.6 Å². The molecule has 0 aromatic carbocycles. The molecule has 4 heteroatoms. The van der Waals surface area contributed by atoms with Crippen LogP contribution in [0, 0.1) is 5.92 Å². The van der Waals surface area contributed by atoms with E-state index in [9.17, 15) is 0 Å². The predicted octanol–water partition coefficient (Wildman–Crippen LogP) is -0.650. The van der Waals surface area contributed by atoms with Crippen LogP contribution in [0.15, 0.2) is 0 Å². The first-order valence-corrected chi connectivity index (χ1v) is 3.79. The van der Waals surface area contributed by atoms with Crippen LogP contribution in [0.2, 0.25) is 0 Å². The molecule has 1 aliphatic rings. The van der Waals surface area contributed by atoms with Gasteiger partial charge < -0.3 is 19.7 Å². The summed E-state index contributed by atoms with van der Waals surface area (Å²) < 4.78 is 10.1. The van der Waals surface area contributed by atoms with E-state index in [2.05, 4.69) is 0 Å². The fourth-order valence-electron chi connectivity index (χ4n) is 1.22. The predicted molar refractivity (Wildman–Crippen MR) is 38.0 cm³/mol. The van der Waals surface area contributed by atoms with Crippen molar-refractivity contribution in [3.63, 3.8) is 0 Å². The minimum absolute atomic E-state index is 0.00796. The van der Waals surface area contributed by atoms with Crippen LogP contribution in [0.25, 0.3) is 0 Å². The van der Waals surface area contributed by atoms with Gasteiger partial charge in [0.2, 0.25) is 0 Å². The Bertz CT molecular complexity index is 105. The van der Waals surface area contributed by atoms with E-state index in [1.807, 2.05) is 0 Å². The summed E-state index contributed by atoms with van der Waals surface area (Å²) in [4.78, 5) is 0. The molecule has 0 aromatic heterocycles. The molecule has 1 fully saturated rings. The monoisotopic (exact) mass is 162 g/mol. The normalized spacial score (nSPS) is 32.2. The van der Waals surface area contributed by atoms with Crippen molar-refractivity contribution in [3.8, 4) is 0 Å². The highest BCUT2D eigenvalue weighted by molar-refractivity contribution is 4.70. The van der Waals surface area contributed by atoms with Crippen molar-refractivity contribution >= 4 is 0 Å². The highest BCUT2D eigenvalue weighted by Gasteiger charge is 2.24. The largest absolute Gasteiger partial charge is 0.396 e. The van der Waals surface area contributed by atoms with Crippen molar-refractivity contribution < 1.29 is 19.7 Å². The Morgan fingerprint density at radius 2 is 2.18 bits per heavy atom. The summed E-state index contributed by atoms with van der Waals surface area (Å²) in [5.74, 6) is 0.138. The van der Waals surface area contributed by atoms with Crippen LogP contribution in [0.3, 0.4) is 0 Å². The van der Waals surface area contributed by atoms with Gasteiger partial charge in [-0.15, -0.1) is 0 Å². The van der Waals surface area contributed by atoms with Gasteiger partial charge in [-0.1, -0.05) is 0 Å². The lowest BCUT2D eigenvalue weighted by molar-refractivity contribution is -0.182. The van der Waals surface area contributed by atoms with E-state index in [1.165, 1.54) is 0 Å². The number of hydrogen-bond acceptors (Lipinski definition) is 4. The van der Waals surface area contributed by atoms with E-state index in [0.717, 1.165) is 0 Å². The first kappa shape index (κ1) is 8.93. The molecule has 2 N–H and O–H groups in total. The number of aliphatic hydroxyl groups excluding tert-OH is 2. The fourth-order valence-corrected chi connectivity index (χ4v) is 1.22. The molecule has 0 bridgehead atoms. The average molecular weight is 162 g/mol. The second-order valence-electron chi connectivity index (χ2n) is 2.65. The molecule has 1 rings (SSSR count). The summed E-state index contributed by atoms with van der Waals surface area (Å²) in [5, 5.41) is 17.5. The first-order chi connectivity index (χ1) is 5.38. The molecular weight excluding hydrogens is 148 g/mol. The maximum absolute atomic E-state index is 8.83. The number of rotatable bonds is 3. The summed E-state index contributed by atoms with van der Waals surface area (Å²) in [6, 6.07) is 0. The summed E-state index contributed by atoms with van der Waals surface area (Å²) in [6.45, 7) is 0.959. The number of aliphatic hydroxyl groups is 2. The van der Waals surface area contributed by atoms with Gasteiger partial charge in [0.15, 0.2) is 0 Å². The average Bonchev–Trinajstić information content (AvgIpc) is 2.06. The quantitative estimate of drug-likeness (QED) is 0.579. The van der Waals surface area contributed by atoms with Gasteiger partial charge in [0.25, 0.3) is 0 Å². The maximum Gasteiger partial charge on any atom is 0.147 e. The minimum atomic E-state index is -0.157. The second-order valence-corrected chi connectivity index (χ2v) is 2.65. The van der Waals surface area contributed by atoms with Crippen LogP contribution < -0.4 is 0 Å². The van der Waals surface area contributed by atoms with Crippen LogP contribution >= 0.6 is 0 Å². The molecule has 2 unspecified atom stereocenters. The number of ether oxygens (including phenoxy) is 2. The zero-order chi connectivity index (χ0) is 8.10. The smallest absolute Gasteiger partial charge is 0.147 e. The van der Waals surface area contributed by atoms with Gasteiger partial charge in [-0.05, 0) is 6.42 Å². The molecule has 0 aromatic rings. The highest BCUT2D eigenvalue weighted by atomic mass is 16.7. The molecular formula is C7H14O4. The Morgan fingerprint density at radius 3 is 2.82 bits per heavy atom. The van der Waals surface area contributed by atoms with E-state index >= 15 is 0 Å². The molecule has 1 saturated heterocycles. The van der Waals surface area contributed by atoms with Crippen molar-refractivity contribution in [3.05, 3.63) is 0 Å². The fraction of sp³-hybridized carbons (Fsp3) is 1.00. The topological polar surface area (TPSA) is 58.9 Å². The lowest BCUT2D eigenvalue weighted by Gasteiger charge is -2.29. The van der Waals surface area contributed by atoms with Crippen molar-refractivity contribution in [2.45, 2.75) is 12.5 Å². The van der Waals surface area contributed by atoms with Crippen LogP contribution in [-0.4, -0.2) is 42.9 Å². The van der Waals surface area contributed by atoms with Gasteiger partial charge in [-0.25, -0.2) is 0 Å². The van der Waals surface area contributed by atoms with E-state index in [-0.39, 0.29) is 32.0 Å². The maximum atomic E-state index is 8.83. The number of hydrogen-bond donors (Lipinski definition) is 2. The van der Waals surface area contributed by atoms with Crippen LogP contribution in [0.1, 0.15) is 6.42 Å². The van der Waals surface area contributed by atoms with E-state index < -0.39 is 0 Å². The molecule has 11 heavy (non-hydrogen) atoms. The van der Waals surface area contributed by atoms with Crippen molar-refractivity contribution in [2.24, 2.45) is 5.92 Å². The third-order valence-electron chi connectivity index (χ3n) is 1.90. The zero-order valence-corrected chi connectivity index (χ0v) is 6.40. The molecule has 0 aliphatic carbocycles. The molecule has 4 nitrogen and oxygen atoms in total. The molecule has 2 atom stereocenters. The lowest BCUT2D eigenvalue weighted by Crippen LogP contribution is -2.37. The Balaban J connectivity index is 2.31. The Labute approximate surface area is 65.7 Å². The molecule has 1 aliphatic heterocycles. The molecule has 0 spiro atoms. The highest BCUT2D eigenvalue weighted by Crippen LogP contribution is 2.16. The molecule has 0 amide bonds.